The molecule has 1 aliphatic rings. The van der Waals surface area contributed by atoms with Crippen molar-refractivity contribution in [1.29, 1.82) is 0 Å². The molecule has 0 aliphatic carbocycles. The smallest absolute Gasteiger partial charge is 0.328 e. The highest BCUT2D eigenvalue weighted by atomic mass is 16.5. The Morgan fingerprint density at radius 1 is 1.00 bits per heavy atom. The molecule has 0 saturated carbocycles. The molecule has 1 rings (SSSR count). The lowest BCUT2D eigenvalue weighted by molar-refractivity contribution is -0.151. The Labute approximate surface area is 135 Å². The topological polar surface area (TPSA) is 46.6 Å². The second-order valence-corrected chi connectivity index (χ2v) is 6.35. The van der Waals surface area contributed by atoms with Crippen molar-refractivity contribution in [2.24, 2.45) is 0 Å². The molecule has 128 valence electrons. The highest BCUT2D eigenvalue weighted by Crippen LogP contribution is 2.20. The van der Waals surface area contributed by atoms with Gasteiger partial charge in [0.15, 0.2) is 0 Å². The van der Waals surface area contributed by atoms with Crippen molar-refractivity contribution in [3.8, 4) is 0 Å². The van der Waals surface area contributed by atoms with Crippen LogP contribution in [0.25, 0.3) is 0 Å². The summed E-state index contributed by atoms with van der Waals surface area (Å²) < 4.78 is 4.78. The third-order valence-electron chi connectivity index (χ3n) is 4.54. The van der Waals surface area contributed by atoms with Crippen molar-refractivity contribution in [3.63, 3.8) is 0 Å². The molecule has 1 fully saturated rings. The van der Waals surface area contributed by atoms with Gasteiger partial charge in [0.1, 0.15) is 6.04 Å². The number of methoxy groups -OCH3 is 1. The highest BCUT2D eigenvalue weighted by molar-refractivity contribution is 5.85. The Hall–Kier alpha value is -1.06. The van der Waals surface area contributed by atoms with Gasteiger partial charge in [-0.25, -0.2) is 4.79 Å². The summed E-state index contributed by atoms with van der Waals surface area (Å²) in [6.45, 7) is 2.94. The van der Waals surface area contributed by atoms with E-state index in [-0.39, 0.29) is 17.9 Å². The van der Waals surface area contributed by atoms with E-state index in [1.54, 1.807) is 4.90 Å². The molecule has 4 heteroatoms. The Kier molecular flexibility index (Phi) is 9.93. The van der Waals surface area contributed by atoms with Gasteiger partial charge in [-0.1, -0.05) is 58.3 Å². The highest BCUT2D eigenvalue weighted by Gasteiger charge is 2.34. The maximum absolute atomic E-state index is 12.2. The summed E-state index contributed by atoms with van der Waals surface area (Å²) >= 11 is 0. The summed E-state index contributed by atoms with van der Waals surface area (Å²) in [5, 5.41) is 0. The average molecular weight is 311 g/mol. The number of rotatable bonds is 11. The molecule has 22 heavy (non-hydrogen) atoms. The van der Waals surface area contributed by atoms with Crippen molar-refractivity contribution in [2.75, 3.05) is 13.7 Å². The predicted molar refractivity (Wildman–Crippen MR) is 88.6 cm³/mol. The first-order valence-electron chi connectivity index (χ1n) is 9.08. The zero-order valence-corrected chi connectivity index (χ0v) is 14.4. The minimum atomic E-state index is -0.337. The first-order chi connectivity index (χ1) is 10.7. The minimum absolute atomic E-state index is 0.121. The van der Waals surface area contributed by atoms with Crippen LogP contribution in [0.2, 0.25) is 0 Å². The number of carbonyl (C=O) groups is 2. The van der Waals surface area contributed by atoms with Crippen LogP contribution in [0, 0.1) is 0 Å². The molecule has 4 nitrogen and oxygen atoms in total. The predicted octanol–water partition coefficient (Wildman–Crippen LogP) is 4.07. The van der Waals surface area contributed by atoms with Crippen LogP contribution in [-0.2, 0) is 14.3 Å². The molecule has 0 aromatic heterocycles. The summed E-state index contributed by atoms with van der Waals surface area (Å²) in [6, 6.07) is -0.337. The van der Waals surface area contributed by atoms with Crippen molar-refractivity contribution in [3.05, 3.63) is 0 Å². The lowest BCUT2D eigenvalue weighted by Gasteiger charge is -2.22. The van der Waals surface area contributed by atoms with Crippen LogP contribution in [0.5, 0.6) is 0 Å². The van der Waals surface area contributed by atoms with Crippen molar-refractivity contribution in [2.45, 2.75) is 90.0 Å². The normalized spacial score (nSPS) is 17.7. The number of likely N-dealkylation sites (tertiary alicyclic amines) is 1. The largest absolute Gasteiger partial charge is 0.467 e. The molecule has 0 aromatic carbocycles. The molecular formula is C18H33NO3. The Bertz CT molecular complexity index is 330. The SMILES string of the molecule is CCCCCCCCCCCC(=O)N1CCC[C@H]1C(=O)OC. The van der Waals surface area contributed by atoms with E-state index in [0.717, 1.165) is 25.7 Å². The number of hydrogen-bond acceptors (Lipinski definition) is 3. The van der Waals surface area contributed by atoms with E-state index in [4.69, 9.17) is 4.74 Å². The minimum Gasteiger partial charge on any atom is -0.467 e. The van der Waals surface area contributed by atoms with Crippen molar-refractivity contribution >= 4 is 11.9 Å². The van der Waals surface area contributed by atoms with Crippen LogP contribution in [-0.4, -0.2) is 36.5 Å². The number of esters is 1. The molecule has 1 amide bonds. The number of hydrogen-bond donors (Lipinski definition) is 0. The van der Waals surface area contributed by atoms with Crippen LogP contribution in [0.3, 0.4) is 0 Å². The van der Waals surface area contributed by atoms with E-state index in [1.807, 2.05) is 0 Å². The van der Waals surface area contributed by atoms with Crippen LogP contribution < -0.4 is 0 Å². The zero-order chi connectivity index (χ0) is 16.2. The summed E-state index contributed by atoms with van der Waals surface area (Å²) in [5.41, 5.74) is 0. The number of ether oxygens (including phenoxy) is 1. The first-order valence-corrected chi connectivity index (χ1v) is 9.08. The monoisotopic (exact) mass is 311 g/mol. The summed E-state index contributed by atoms with van der Waals surface area (Å²) in [4.78, 5) is 25.6. The van der Waals surface area contributed by atoms with Gasteiger partial charge in [-0.05, 0) is 19.3 Å². The third-order valence-corrected chi connectivity index (χ3v) is 4.54. The maximum atomic E-state index is 12.2. The summed E-state index contributed by atoms with van der Waals surface area (Å²) in [6.07, 6.45) is 13.5. The fourth-order valence-electron chi connectivity index (χ4n) is 3.18. The Morgan fingerprint density at radius 3 is 2.18 bits per heavy atom. The van der Waals surface area contributed by atoms with Gasteiger partial charge in [-0.3, -0.25) is 4.79 Å². The van der Waals surface area contributed by atoms with E-state index < -0.39 is 0 Å². The molecule has 0 unspecified atom stereocenters. The zero-order valence-electron chi connectivity index (χ0n) is 14.4. The molecular weight excluding hydrogens is 278 g/mol. The van der Waals surface area contributed by atoms with Gasteiger partial charge in [0.25, 0.3) is 0 Å². The fourth-order valence-corrected chi connectivity index (χ4v) is 3.18. The van der Waals surface area contributed by atoms with Gasteiger partial charge in [-0.2, -0.15) is 0 Å². The van der Waals surface area contributed by atoms with Crippen molar-refractivity contribution < 1.29 is 14.3 Å². The molecule has 0 bridgehead atoms. The second-order valence-electron chi connectivity index (χ2n) is 6.35. The number of nitrogens with zero attached hydrogens (tertiary/aromatic N) is 1. The fraction of sp³-hybridized carbons (Fsp3) is 0.889. The quantitative estimate of drug-likeness (QED) is 0.427. The molecule has 0 aromatic rings. The Morgan fingerprint density at radius 2 is 1.59 bits per heavy atom. The van der Waals surface area contributed by atoms with Gasteiger partial charge < -0.3 is 9.64 Å². The molecule has 1 atom stereocenters. The maximum Gasteiger partial charge on any atom is 0.328 e. The van der Waals surface area contributed by atoms with Gasteiger partial charge >= 0.3 is 5.97 Å². The van der Waals surface area contributed by atoms with Gasteiger partial charge in [0, 0.05) is 13.0 Å². The van der Waals surface area contributed by atoms with E-state index in [2.05, 4.69) is 6.92 Å². The molecule has 0 N–H and O–H groups in total. The van der Waals surface area contributed by atoms with Gasteiger partial charge in [0.2, 0.25) is 5.91 Å². The summed E-state index contributed by atoms with van der Waals surface area (Å²) in [7, 11) is 1.39. The molecule has 1 heterocycles. The van der Waals surface area contributed by atoms with Crippen molar-refractivity contribution in [1.82, 2.24) is 4.90 Å². The summed E-state index contributed by atoms with van der Waals surface area (Å²) in [5.74, 6) is -0.145. The van der Waals surface area contributed by atoms with Crippen LogP contribution in [0.4, 0.5) is 0 Å². The average Bonchev–Trinajstić information content (AvgIpc) is 3.02. The van der Waals surface area contributed by atoms with Gasteiger partial charge in [0.05, 0.1) is 7.11 Å². The van der Waals surface area contributed by atoms with E-state index in [0.29, 0.717) is 13.0 Å². The molecule has 0 radical (unpaired) electrons. The number of unbranched alkanes of at least 4 members (excludes halogenated alkanes) is 8. The van der Waals surface area contributed by atoms with E-state index >= 15 is 0 Å². The van der Waals surface area contributed by atoms with E-state index in [9.17, 15) is 9.59 Å². The van der Waals surface area contributed by atoms with Crippen LogP contribution in [0.1, 0.15) is 84.0 Å². The Balaban J connectivity index is 2.07. The van der Waals surface area contributed by atoms with Crippen LogP contribution >= 0.6 is 0 Å². The second kappa shape index (κ2) is 11.5. The molecule has 1 saturated heterocycles. The molecule has 0 spiro atoms. The molecule has 1 aliphatic heterocycles. The number of amides is 1. The third kappa shape index (κ3) is 6.80. The standard InChI is InChI=1S/C18H33NO3/c1-3-4-5-6-7-8-9-10-11-14-17(20)19-15-12-13-16(19)18(21)22-2/h16H,3-15H2,1-2H3/t16-/m0/s1. The van der Waals surface area contributed by atoms with Crippen LogP contribution in [0.15, 0.2) is 0 Å². The number of carbonyl (C=O) groups excluding carboxylic acids is 2. The lowest BCUT2D eigenvalue weighted by atomic mass is 10.1. The lowest BCUT2D eigenvalue weighted by Crippen LogP contribution is -2.40. The van der Waals surface area contributed by atoms with E-state index in [1.165, 1.54) is 52.1 Å². The first kappa shape index (κ1) is 19.0. The van der Waals surface area contributed by atoms with Gasteiger partial charge in [-0.15, -0.1) is 0 Å².